The van der Waals surface area contributed by atoms with Crippen LogP contribution in [0.4, 0.5) is 17.1 Å². The van der Waals surface area contributed by atoms with Gasteiger partial charge < -0.3 is 9.32 Å². The summed E-state index contributed by atoms with van der Waals surface area (Å²) in [6.45, 7) is 0. The fourth-order valence-electron chi connectivity index (χ4n) is 8.22. The first-order chi connectivity index (χ1) is 28.2. The van der Waals surface area contributed by atoms with E-state index >= 15 is 0 Å². The van der Waals surface area contributed by atoms with E-state index in [1.54, 1.807) is 0 Å². The van der Waals surface area contributed by atoms with Gasteiger partial charge in [-0.15, -0.1) is 11.3 Å². The maximum atomic E-state index is 6.20. The van der Waals surface area contributed by atoms with Crippen LogP contribution in [-0.4, -0.2) is 0 Å². The Kier molecular flexibility index (Phi) is 8.04. The number of thiophene rings is 1. The van der Waals surface area contributed by atoms with Crippen molar-refractivity contribution in [2.45, 2.75) is 0 Å². The molecule has 0 fully saturated rings. The second-order valence-corrected chi connectivity index (χ2v) is 15.6. The van der Waals surface area contributed by atoms with E-state index in [-0.39, 0.29) is 0 Å². The predicted octanol–water partition coefficient (Wildman–Crippen LogP) is 16.1. The fourth-order valence-corrected chi connectivity index (χ4v) is 9.44. The average molecular weight is 746 g/mol. The highest BCUT2D eigenvalue weighted by molar-refractivity contribution is 7.26. The molecule has 2 aromatic heterocycles. The molecule has 0 N–H and O–H groups in total. The molecule has 0 bridgehead atoms. The van der Waals surface area contributed by atoms with Crippen LogP contribution in [0.5, 0.6) is 0 Å². The Balaban J connectivity index is 1.03. The summed E-state index contributed by atoms with van der Waals surface area (Å²) in [4.78, 5) is 2.35. The topological polar surface area (TPSA) is 16.4 Å². The molecular weight excluding hydrogens is 711 g/mol. The molecule has 9 aromatic carbocycles. The maximum absolute atomic E-state index is 6.20. The molecule has 0 amide bonds. The third-order valence-electron chi connectivity index (χ3n) is 11.1. The molecule has 0 aliphatic heterocycles. The van der Waals surface area contributed by atoms with Gasteiger partial charge in [-0.3, -0.25) is 0 Å². The minimum Gasteiger partial charge on any atom is -0.456 e. The van der Waals surface area contributed by atoms with Gasteiger partial charge in [0.1, 0.15) is 11.2 Å². The zero-order valence-corrected chi connectivity index (χ0v) is 31.8. The van der Waals surface area contributed by atoms with Crippen LogP contribution in [0.1, 0.15) is 0 Å². The van der Waals surface area contributed by atoms with E-state index in [1.807, 2.05) is 23.5 Å². The third-order valence-corrected chi connectivity index (χ3v) is 12.3. The lowest BCUT2D eigenvalue weighted by Gasteiger charge is -2.26. The molecule has 11 aromatic rings. The van der Waals surface area contributed by atoms with Crippen LogP contribution in [-0.2, 0) is 0 Å². The van der Waals surface area contributed by atoms with Crippen molar-refractivity contribution >= 4 is 70.5 Å². The molecule has 0 saturated carbocycles. The summed E-state index contributed by atoms with van der Waals surface area (Å²) in [6, 6.07) is 76.4. The van der Waals surface area contributed by atoms with Gasteiger partial charge in [-0.1, -0.05) is 140 Å². The Hall–Kier alpha value is -7.20. The normalized spacial score (nSPS) is 11.5. The lowest BCUT2D eigenvalue weighted by molar-refractivity contribution is 0.669. The van der Waals surface area contributed by atoms with Gasteiger partial charge in [-0.05, 0) is 112 Å². The van der Waals surface area contributed by atoms with Crippen molar-refractivity contribution in [3.63, 3.8) is 0 Å². The van der Waals surface area contributed by atoms with E-state index in [4.69, 9.17) is 4.42 Å². The first-order valence-corrected chi connectivity index (χ1v) is 20.1. The number of nitrogens with zero attached hydrogens (tertiary/aromatic N) is 1. The van der Waals surface area contributed by atoms with Gasteiger partial charge in [-0.25, -0.2) is 0 Å². The minimum absolute atomic E-state index is 0.909. The fraction of sp³-hybridized carbons (Fsp3) is 0. The highest BCUT2D eigenvalue weighted by Gasteiger charge is 2.17. The number of furan rings is 1. The number of hydrogen-bond donors (Lipinski definition) is 0. The molecule has 2 nitrogen and oxygen atoms in total. The first kappa shape index (κ1) is 33.2. The zero-order chi connectivity index (χ0) is 37.7. The quantitative estimate of drug-likeness (QED) is 0.162. The predicted molar refractivity (Wildman–Crippen MR) is 243 cm³/mol. The van der Waals surface area contributed by atoms with Gasteiger partial charge in [0.15, 0.2) is 0 Å². The largest absolute Gasteiger partial charge is 0.456 e. The number of rotatable bonds is 7. The van der Waals surface area contributed by atoms with Crippen LogP contribution in [0.15, 0.2) is 217 Å². The maximum Gasteiger partial charge on any atom is 0.135 e. The van der Waals surface area contributed by atoms with Crippen LogP contribution < -0.4 is 4.90 Å². The number of anilines is 3. The van der Waals surface area contributed by atoms with Crippen molar-refractivity contribution in [3.8, 4) is 44.5 Å². The molecule has 0 atom stereocenters. The van der Waals surface area contributed by atoms with E-state index in [0.717, 1.165) is 39.0 Å². The first-order valence-electron chi connectivity index (χ1n) is 19.3. The molecule has 11 rings (SSSR count). The lowest BCUT2D eigenvalue weighted by atomic mass is 9.95. The van der Waals surface area contributed by atoms with E-state index in [9.17, 15) is 0 Å². The molecule has 0 spiro atoms. The number of para-hydroxylation sites is 1. The summed E-state index contributed by atoms with van der Waals surface area (Å²) in [7, 11) is 0. The van der Waals surface area contributed by atoms with Crippen LogP contribution in [0, 0.1) is 0 Å². The van der Waals surface area contributed by atoms with Gasteiger partial charge in [-0.2, -0.15) is 0 Å². The van der Waals surface area contributed by atoms with Crippen LogP contribution in [0.3, 0.4) is 0 Å². The second-order valence-electron chi connectivity index (χ2n) is 14.5. The lowest BCUT2D eigenvalue weighted by Crippen LogP contribution is -2.09. The number of hydrogen-bond acceptors (Lipinski definition) is 3. The Bertz CT molecular complexity index is 3110. The van der Waals surface area contributed by atoms with Crippen molar-refractivity contribution in [3.05, 3.63) is 212 Å². The van der Waals surface area contributed by atoms with Gasteiger partial charge in [0.05, 0.1) is 0 Å². The molecule has 0 unspecified atom stereocenters. The molecular formula is C54H35NOS. The van der Waals surface area contributed by atoms with Crippen molar-refractivity contribution in [1.82, 2.24) is 0 Å². The van der Waals surface area contributed by atoms with Crippen molar-refractivity contribution in [2.75, 3.05) is 4.90 Å². The molecule has 3 heteroatoms. The summed E-state index contributed by atoms with van der Waals surface area (Å²) in [5.41, 5.74) is 14.7. The molecule has 57 heavy (non-hydrogen) atoms. The highest BCUT2D eigenvalue weighted by atomic mass is 32.1. The van der Waals surface area contributed by atoms with Crippen molar-refractivity contribution in [2.24, 2.45) is 0 Å². The Morgan fingerprint density at radius 3 is 1.42 bits per heavy atom. The number of fused-ring (bicyclic) bond motifs is 6. The summed E-state index contributed by atoms with van der Waals surface area (Å²) in [6.07, 6.45) is 0. The van der Waals surface area contributed by atoms with Crippen molar-refractivity contribution < 1.29 is 4.42 Å². The van der Waals surface area contributed by atoms with Crippen LogP contribution in [0.2, 0.25) is 0 Å². The zero-order valence-electron chi connectivity index (χ0n) is 31.0. The molecule has 0 aliphatic rings. The standard InChI is InChI=1S/C54H35NOS/c1-3-11-36(12-4-1)38-19-26-43(27-20-38)55(44-28-21-39(22-29-44)37-13-5-2-6-14-37)45-30-23-40(24-31-45)48-34-42(35-50-47-16-8-10-18-53(47)57-54(48)50)41-25-32-52-49(33-41)46-15-7-9-17-51(46)56-52/h1-35H. The Labute approximate surface area is 335 Å². The van der Waals surface area contributed by atoms with E-state index < -0.39 is 0 Å². The summed E-state index contributed by atoms with van der Waals surface area (Å²) in [5.74, 6) is 0. The van der Waals surface area contributed by atoms with Gasteiger partial charge in [0, 0.05) is 53.6 Å². The summed E-state index contributed by atoms with van der Waals surface area (Å²) < 4.78 is 8.79. The third kappa shape index (κ3) is 5.97. The van der Waals surface area contributed by atoms with Gasteiger partial charge in [0.2, 0.25) is 0 Å². The van der Waals surface area contributed by atoms with Crippen LogP contribution >= 0.6 is 11.3 Å². The SMILES string of the molecule is c1ccc(-c2ccc(N(c3ccc(-c4ccccc4)cc3)c3ccc(-c4cc(-c5ccc6oc7ccccc7c6c5)cc5c4sc4ccccc45)cc3)cc2)cc1. The van der Waals surface area contributed by atoms with E-state index in [2.05, 4.69) is 205 Å². The smallest absolute Gasteiger partial charge is 0.135 e. The molecule has 0 saturated heterocycles. The Morgan fingerprint density at radius 1 is 0.316 bits per heavy atom. The molecule has 0 radical (unpaired) electrons. The van der Waals surface area contributed by atoms with Gasteiger partial charge >= 0.3 is 0 Å². The number of benzene rings is 9. The second kappa shape index (κ2) is 13.8. The average Bonchev–Trinajstić information content (AvgIpc) is 3.86. The summed E-state index contributed by atoms with van der Waals surface area (Å²) in [5, 5.41) is 4.85. The molecule has 0 aliphatic carbocycles. The van der Waals surface area contributed by atoms with Gasteiger partial charge in [0.25, 0.3) is 0 Å². The molecule has 268 valence electrons. The minimum atomic E-state index is 0.909. The van der Waals surface area contributed by atoms with E-state index in [1.165, 1.54) is 64.7 Å². The van der Waals surface area contributed by atoms with Crippen LogP contribution in [0.25, 0.3) is 86.6 Å². The van der Waals surface area contributed by atoms with E-state index in [0.29, 0.717) is 0 Å². The monoisotopic (exact) mass is 745 g/mol. The summed E-state index contributed by atoms with van der Waals surface area (Å²) >= 11 is 1.87. The Morgan fingerprint density at radius 2 is 0.789 bits per heavy atom. The highest BCUT2D eigenvalue weighted by Crippen LogP contribution is 2.45. The molecule has 2 heterocycles. The van der Waals surface area contributed by atoms with Crippen molar-refractivity contribution in [1.29, 1.82) is 0 Å².